The van der Waals surface area contributed by atoms with Crippen LogP contribution in [0, 0.1) is 0 Å². The molecule has 2 aromatic rings. The first kappa shape index (κ1) is 14.7. The average molecular weight is 268 g/mol. The standard InChI is InChI=1S/C18H24N2/c1-2-19-17(15-18-12-6-7-14-20-18)13-8-11-16-9-4-3-5-10-16/h3-7,9-10,12,14,17,19H,2,8,11,13,15H2,1H3. The highest BCUT2D eigenvalue weighted by Crippen LogP contribution is 2.09. The molecule has 1 aromatic heterocycles. The smallest absolute Gasteiger partial charge is 0.0419 e. The van der Waals surface area contributed by atoms with Gasteiger partial charge < -0.3 is 5.32 Å². The van der Waals surface area contributed by atoms with Gasteiger partial charge in [0.05, 0.1) is 0 Å². The largest absolute Gasteiger partial charge is 0.314 e. The van der Waals surface area contributed by atoms with Crippen molar-refractivity contribution >= 4 is 0 Å². The number of hydrogen-bond acceptors (Lipinski definition) is 2. The monoisotopic (exact) mass is 268 g/mol. The number of benzene rings is 1. The molecule has 0 spiro atoms. The van der Waals surface area contributed by atoms with Crippen molar-refractivity contribution in [3.05, 3.63) is 66.0 Å². The lowest BCUT2D eigenvalue weighted by atomic mass is 10.0. The molecule has 1 atom stereocenters. The molecule has 0 aliphatic carbocycles. The lowest BCUT2D eigenvalue weighted by Gasteiger charge is -2.17. The second-order valence-electron chi connectivity index (χ2n) is 5.16. The summed E-state index contributed by atoms with van der Waals surface area (Å²) in [6.07, 6.45) is 6.46. The molecule has 1 unspecified atom stereocenters. The van der Waals surface area contributed by atoms with E-state index < -0.39 is 0 Å². The highest BCUT2D eigenvalue weighted by atomic mass is 14.9. The zero-order valence-corrected chi connectivity index (χ0v) is 12.3. The van der Waals surface area contributed by atoms with E-state index in [-0.39, 0.29) is 0 Å². The summed E-state index contributed by atoms with van der Waals surface area (Å²) in [5.74, 6) is 0. The number of aromatic nitrogens is 1. The first-order valence-electron chi connectivity index (χ1n) is 7.55. The van der Waals surface area contributed by atoms with Crippen molar-refractivity contribution in [3.8, 4) is 0 Å². The summed E-state index contributed by atoms with van der Waals surface area (Å²) < 4.78 is 0. The molecule has 0 aliphatic rings. The highest BCUT2D eigenvalue weighted by molar-refractivity contribution is 5.14. The summed E-state index contributed by atoms with van der Waals surface area (Å²) in [5, 5.41) is 3.58. The van der Waals surface area contributed by atoms with Crippen LogP contribution in [0.2, 0.25) is 0 Å². The van der Waals surface area contributed by atoms with E-state index in [4.69, 9.17) is 0 Å². The van der Waals surface area contributed by atoms with Gasteiger partial charge in [-0.2, -0.15) is 0 Å². The van der Waals surface area contributed by atoms with E-state index in [0.29, 0.717) is 6.04 Å². The van der Waals surface area contributed by atoms with Gasteiger partial charge in [0.25, 0.3) is 0 Å². The van der Waals surface area contributed by atoms with Crippen LogP contribution < -0.4 is 5.32 Å². The maximum atomic E-state index is 4.43. The van der Waals surface area contributed by atoms with Crippen LogP contribution in [-0.4, -0.2) is 17.6 Å². The summed E-state index contributed by atoms with van der Waals surface area (Å²) in [6, 6.07) is 17.4. The Bertz CT molecular complexity index is 467. The highest BCUT2D eigenvalue weighted by Gasteiger charge is 2.08. The summed E-state index contributed by atoms with van der Waals surface area (Å²) in [6.45, 7) is 3.19. The number of likely N-dealkylation sites (N-methyl/N-ethyl adjacent to an activating group) is 1. The van der Waals surface area contributed by atoms with Crippen LogP contribution in [0.3, 0.4) is 0 Å². The predicted octanol–water partition coefficient (Wildman–Crippen LogP) is 3.63. The first-order valence-corrected chi connectivity index (χ1v) is 7.55. The quantitative estimate of drug-likeness (QED) is 0.791. The molecular formula is C18H24N2. The minimum Gasteiger partial charge on any atom is -0.314 e. The molecule has 2 nitrogen and oxygen atoms in total. The van der Waals surface area contributed by atoms with E-state index in [1.54, 1.807) is 0 Å². The van der Waals surface area contributed by atoms with E-state index in [1.807, 2.05) is 12.3 Å². The molecule has 0 fully saturated rings. The number of aryl methyl sites for hydroxylation is 1. The Morgan fingerprint density at radius 3 is 2.55 bits per heavy atom. The zero-order chi connectivity index (χ0) is 14.0. The van der Waals surface area contributed by atoms with E-state index in [1.165, 1.54) is 24.1 Å². The van der Waals surface area contributed by atoms with E-state index in [9.17, 15) is 0 Å². The van der Waals surface area contributed by atoms with Crippen LogP contribution in [-0.2, 0) is 12.8 Å². The molecular weight excluding hydrogens is 244 g/mol. The average Bonchev–Trinajstić information content (AvgIpc) is 2.49. The Hall–Kier alpha value is -1.67. The van der Waals surface area contributed by atoms with Crippen LogP contribution in [0.5, 0.6) is 0 Å². The van der Waals surface area contributed by atoms with Crippen LogP contribution in [0.25, 0.3) is 0 Å². The third kappa shape index (κ3) is 5.14. The molecule has 106 valence electrons. The Morgan fingerprint density at radius 2 is 1.85 bits per heavy atom. The van der Waals surface area contributed by atoms with Gasteiger partial charge in [0.1, 0.15) is 0 Å². The number of pyridine rings is 1. The first-order chi connectivity index (χ1) is 9.88. The van der Waals surface area contributed by atoms with Gasteiger partial charge in [0.15, 0.2) is 0 Å². The summed E-state index contributed by atoms with van der Waals surface area (Å²) >= 11 is 0. The van der Waals surface area contributed by atoms with Gasteiger partial charge in [-0.3, -0.25) is 4.98 Å². The molecule has 0 saturated carbocycles. The van der Waals surface area contributed by atoms with Crippen LogP contribution in [0.4, 0.5) is 0 Å². The van der Waals surface area contributed by atoms with Gasteiger partial charge in [0, 0.05) is 24.4 Å². The molecule has 20 heavy (non-hydrogen) atoms. The minimum absolute atomic E-state index is 0.526. The van der Waals surface area contributed by atoms with Crippen molar-refractivity contribution in [2.45, 2.75) is 38.6 Å². The van der Waals surface area contributed by atoms with Crippen LogP contribution in [0.15, 0.2) is 54.7 Å². The summed E-state index contributed by atoms with van der Waals surface area (Å²) in [7, 11) is 0. The maximum Gasteiger partial charge on any atom is 0.0419 e. The molecule has 1 aromatic carbocycles. The van der Waals surface area contributed by atoms with Gasteiger partial charge in [-0.05, 0) is 43.5 Å². The third-order valence-electron chi connectivity index (χ3n) is 3.54. The normalized spacial score (nSPS) is 12.2. The van der Waals surface area contributed by atoms with E-state index in [0.717, 1.165) is 19.4 Å². The molecule has 1 N–H and O–H groups in total. The Labute approximate surface area is 122 Å². The molecule has 0 amide bonds. The summed E-state index contributed by atoms with van der Waals surface area (Å²) in [4.78, 5) is 4.43. The lowest BCUT2D eigenvalue weighted by Crippen LogP contribution is -2.31. The second kappa shape index (κ2) is 8.49. The molecule has 2 heteroatoms. The number of nitrogens with zero attached hydrogens (tertiary/aromatic N) is 1. The Morgan fingerprint density at radius 1 is 1.05 bits per heavy atom. The molecule has 0 radical (unpaired) electrons. The summed E-state index contributed by atoms with van der Waals surface area (Å²) in [5.41, 5.74) is 2.61. The molecule has 0 aliphatic heterocycles. The zero-order valence-electron chi connectivity index (χ0n) is 12.3. The van der Waals surface area contributed by atoms with Gasteiger partial charge in [-0.1, -0.05) is 43.3 Å². The topological polar surface area (TPSA) is 24.9 Å². The van der Waals surface area contributed by atoms with Crippen LogP contribution in [0.1, 0.15) is 31.0 Å². The van der Waals surface area contributed by atoms with E-state index >= 15 is 0 Å². The minimum atomic E-state index is 0.526. The predicted molar refractivity (Wildman–Crippen MR) is 84.8 cm³/mol. The van der Waals surface area contributed by atoms with Gasteiger partial charge >= 0.3 is 0 Å². The fraction of sp³-hybridized carbons (Fsp3) is 0.389. The van der Waals surface area contributed by atoms with Crippen molar-refractivity contribution in [1.29, 1.82) is 0 Å². The molecule has 2 rings (SSSR count). The SMILES string of the molecule is CCNC(CCCc1ccccc1)Cc1ccccn1. The number of nitrogens with one attached hydrogen (secondary N) is 1. The maximum absolute atomic E-state index is 4.43. The van der Waals surface area contributed by atoms with Gasteiger partial charge in [0.2, 0.25) is 0 Å². The fourth-order valence-electron chi connectivity index (χ4n) is 2.53. The van der Waals surface area contributed by atoms with Crippen molar-refractivity contribution in [2.24, 2.45) is 0 Å². The molecule has 0 saturated heterocycles. The van der Waals surface area contributed by atoms with Crippen molar-refractivity contribution in [3.63, 3.8) is 0 Å². The fourth-order valence-corrected chi connectivity index (χ4v) is 2.53. The van der Waals surface area contributed by atoms with E-state index in [2.05, 4.69) is 59.7 Å². The van der Waals surface area contributed by atoms with Crippen molar-refractivity contribution in [2.75, 3.05) is 6.54 Å². The Kier molecular flexibility index (Phi) is 6.25. The number of rotatable bonds is 8. The second-order valence-corrected chi connectivity index (χ2v) is 5.16. The third-order valence-corrected chi connectivity index (χ3v) is 3.54. The lowest BCUT2D eigenvalue weighted by molar-refractivity contribution is 0.472. The van der Waals surface area contributed by atoms with Crippen molar-refractivity contribution in [1.82, 2.24) is 10.3 Å². The van der Waals surface area contributed by atoms with Gasteiger partial charge in [-0.15, -0.1) is 0 Å². The molecule has 1 heterocycles. The number of hydrogen-bond donors (Lipinski definition) is 1. The molecule has 0 bridgehead atoms. The Balaban J connectivity index is 1.80. The van der Waals surface area contributed by atoms with Crippen LogP contribution >= 0.6 is 0 Å². The van der Waals surface area contributed by atoms with Crippen molar-refractivity contribution < 1.29 is 0 Å². The van der Waals surface area contributed by atoms with Gasteiger partial charge in [-0.25, -0.2) is 0 Å².